The number of aromatic hydroxyl groups is 1. The first-order valence-electron chi connectivity index (χ1n) is 10.9. The molecule has 3 amide bonds. The van der Waals surface area contributed by atoms with Crippen LogP contribution in [-0.4, -0.2) is 59.1 Å². The molecule has 34 heavy (non-hydrogen) atoms. The second kappa shape index (κ2) is 11.7. The number of carbonyl (C=O) groups excluding carboxylic acids is 3. The van der Waals surface area contributed by atoms with Gasteiger partial charge in [0.1, 0.15) is 23.6 Å². The molecule has 10 heteroatoms. The van der Waals surface area contributed by atoms with Crippen LogP contribution in [0.3, 0.4) is 0 Å². The Hall–Kier alpha value is -4.08. The fourth-order valence-corrected chi connectivity index (χ4v) is 3.48. The summed E-state index contributed by atoms with van der Waals surface area (Å²) in [5.74, 6) is -2.43. The number of nitrogens with one attached hydrogen (secondary N) is 3. The highest BCUT2D eigenvalue weighted by molar-refractivity contribution is 5.99. The van der Waals surface area contributed by atoms with Gasteiger partial charge in [-0.25, -0.2) is 4.79 Å². The minimum Gasteiger partial charge on any atom is -0.508 e. The molecule has 0 bridgehead atoms. The molecule has 0 saturated carbocycles. The van der Waals surface area contributed by atoms with E-state index >= 15 is 0 Å². The summed E-state index contributed by atoms with van der Waals surface area (Å²) in [7, 11) is 0. The predicted molar refractivity (Wildman–Crippen MR) is 121 cm³/mol. The Balaban J connectivity index is 1.78. The maximum absolute atomic E-state index is 12.8. The third-order valence-electron chi connectivity index (χ3n) is 5.30. The smallest absolute Gasteiger partial charge is 0.326 e. The second-order valence-electron chi connectivity index (χ2n) is 7.88. The lowest BCUT2D eigenvalue weighted by atomic mass is 10.0. The number of ether oxygens (including phenoxy) is 1. The molecule has 2 aromatic rings. The number of para-hydroxylation sites is 1. The van der Waals surface area contributed by atoms with Crippen LogP contribution >= 0.6 is 0 Å². The molecule has 0 saturated heterocycles. The van der Waals surface area contributed by atoms with E-state index in [1.807, 2.05) is 0 Å². The van der Waals surface area contributed by atoms with Gasteiger partial charge in [0, 0.05) is 19.4 Å². The largest absolute Gasteiger partial charge is 0.508 e. The molecule has 0 radical (unpaired) electrons. The summed E-state index contributed by atoms with van der Waals surface area (Å²) in [4.78, 5) is 49.7. The number of hydrogen-bond donors (Lipinski definition) is 5. The van der Waals surface area contributed by atoms with Crippen molar-refractivity contribution >= 4 is 23.7 Å². The molecule has 0 fully saturated rings. The van der Waals surface area contributed by atoms with Gasteiger partial charge in [0.05, 0.1) is 12.2 Å². The minimum absolute atomic E-state index is 0.0820. The highest BCUT2D eigenvalue weighted by Crippen LogP contribution is 2.19. The van der Waals surface area contributed by atoms with Crippen LogP contribution in [0.25, 0.3) is 0 Å². The summed E-state index contributed by atoms with van der Waals surface area (Å²) < 4.78 is 5.69. The molecule has 0 aromatic heterocycles. The summed E-state index contributed by atoms with van der Waals surface area (Å²) in [6, 6.07) is 10.5. The van der Waals surface area contributed by atoms with Crippen LogP contribution < -0.4 is 20.7 Å². The van der Waals surface area contributed by atoms with E-state index in [4.69, 9.17) is 4.74 Å². The maximum Gasteiger partial charge on any atom is 0.326 e. The Bertz CT molecular complexity index is 1040. The first kappa shape index (κ1) is 24.6. The number of phenols is 1. The molecule has 5 N–H and O–H groups in total. The molecule has 1 aliphatic heterocycles. The Morgan fingerprint density at radius 2 is 1.76 bits per heavy atom. The van der Waals surface area contributed by atoms with Gasteiger partial charge in [0.2, 0.25) is 11.8 Å². The molecule has 1 aliphatic rings. The zero-order valence-corrected chi connectivity index (χ0v) is 18.5. The lowest BCUT2D eigenvalue weighted by Gasteiger charge is -2.21. The summed E-state index contributed by atoms with van der Waals surface area (Å²) >= 11 is 0. The topological polar surface area (TPSA) is 154 Å². The predicted octanol–water partition coefficient (Wildman–Crippen LogP) is 0.982. The van der Waals surface area contributed by atoms with E-state index in [9.17, 15) is 29.4 Å². The van der Waals surface area contributed by atoms with Crippen LogP contribution in [0.1, 0.15) is 35.2 Å². The van der Waals surface area contributed by atoms with Crippen molar-refractivity contribution in [3.05, 3.63) is 59.7 Å². The first-order valence-corrected chi connectivity index (χ1v) is 10.9. The number of hydrogen-bond acceptors (Lipinski definition) is 6. The van der Waals surface area contributed by atoms with Crippen molar-refractivity contribution in [3.8, 4) is 11.5 Å². The third kappa shape index (κ3) is 6.96. The van der Waals surface area contributed by atoms with Crippen molar-refractivity contribution in [2.45, 2.75) is 37.8 Å². The number of fused-ring (bicyclic) bond motifs is 1. The van der Waals surface area contributed by atoms with Crippen molar-refractivity contribution in [2.24, 2.45) is 0 Å². The van der Waals surface area contributed by atoms with Gasteiger partial charge < -0.3 is 30.9 Å². The zero-order valence-electron chi connectivity index (χ0n) is 18.5. The molecule has 0 aliphatic carbocycles. The van der Waals surface area contributed by atoms with E-state index in [-0.39, 0.29) is 43.7 Å². The number of carboxylic acid groups (broad SMARTS) is 1. The van der Waals surface area contributed by atoms with E-state index in [0.29, 0.717) is 12.2 Å². The fraction of sp³-hybridized carbons (Fsp3) is 0.333. The van der Waals surface area contributed by atoms with Crippen molar-refractivity contribution < 1.29 is 34.1 Å². The number of carboxylic acids is 1. The quantitative estimate of drug-likeness (QED) is 0.449. The number of amides is 3. The Morgan fingerprint density at radius 3 is 2.50 bits per heavy atom. The highest BCUT2D eigenvalue weighted by Gasteiger charge is 2.26. The Morgan fingerprint density at radius 1 is 1.03 bits per heavy atom. The standard InChI is InChI=1S/C24H27N3O7/c28-16-8-6-15(7-9-16)14-19-23(31)25-12-3-13-34-20-5-2-1-4-17(20)22(30)27-18(24(32)33)10-11-21(29)26-19/h1-2,4-9,18-19,28H,3,10-14H2,(H,25,31)(H,26,29)(H,27,30)(H,32,33)/t18-,19?/m0/s1. The van der Waals surface area contributed by atoms with E-state index in [1.165, 1.54) is 18.2 Å². The molecule has 180 valence electrons. The van der Waals surface area contributed by atoms with Crippen LogP contribution in [0.5, 0.6) is 11.5 Å². The fourth-order valence-electron chi connectivity index (χ4n) is 3.48. The van der Waals surface area contributed by atoms with Gasteiger partial charge in [-0.05, 0) is 42.7 Å². The Labute approximate surface area is 196 Å². The summed E-state index contributed by atoms with van der Waals surface area (Å²) in [6.45, 7) is 0.498. The molecular weight excluding hydrogens is 442 g/mol. The van der Waals surface area contributed by atoms with Crippen LogP contribution in [0, 0.1) is 0 Å². The van der Waals surface area contributed by atoms with Gasteiger partial charge in [-0.3, -0.25) is 14.4 Å². The number of phenolic OH excluding ortho intramolecular Hbond substituents is 1. The van der Waals surface area contributed by atoms with Gasteiger partial charge in [-0.2, -0.15) is 0 Å². The number of carbonyl (C=O) groups is 4. The average Bonchev–Trinajstić information content (AvgIpc) is 2.81. The third-order valence-corrected chi connectivity index (χ3v) is 5.30. The maximum atomic E-state index is 12.8. The van der Waals surface area contributed by atoms with Gasteiger partial charge in [0.15, 0.2) is 0 Å². The van der Waals surface area contributed by atoms with Crippen LogP contribution in [0.4, 0.5) is 0 Å². The first-order chi connectivity index (χ1) is 16.3. The van der Waals surface area contributed by atoms with Crippen LogP contribution in [0.15, 0.2) is 48.5 Å². The van der Waals surface area contributed by atoms with E-state index in [1.54, 1.807) is 30.3 Å². The van der Waals surface area contributed by atoms with Crippen LogP contribution in [0.2, 0.25) is 0 Å². The highest BCUT2D eigenvalue weighted by atomic mass is 16.5. The normalized spacial score (nSPS) is 20.2. The zero-order chi connectivity index (χ0) is 24.5. The summed E-state index contributed by atoms with van der Waals surface area (Å²) in [5, 5.41) is 26.9. The Kier molecular flexibility index (Phi) is 8.44. The van der Waals surface area contributed by atoms with Crippen molar-refractivity contribution in [2.75, 3.05) is 13.2 Å². The molecule has 1 heterocycles. The monoisotopic (exact) mass is 469 g/mol. The van der Waals surface area contributed by atoms with Gasteiger partial charge in [-0.15, -0.1) is 0 Å². The number of aliphatic carboxylic acids is 1. The van der Waals surface area contributed by atoms with E-state index in [2.05, 4.69) is 16.0 Å². The molecule has 2 aromatic carbocycles. The van der Waals surface area contributed by atoms with Crippen molar-refractivity contribution in [3.63, 3.8) is 0 Å². The molecular formula is C24H27N3O7. The van der Waals surface area contributed by atoms with E-state index < -0.39 is 35.8 Å². The van der Waals surface area contributed by atoms with Crippen LogP contribution in [-0.2, 0) is 20.8 Å². The summed E-state index contributed by atoms with van der Waals surface area (Å²) in [5.41, 5.74) is 0.909. The van der Waals surface area contributed by atoms with Gasteiger partial charge >= 0.3 is 5.97 Å². The van der Waals surface area contributed by atoms with Gasteiger partial charge in [0.25, 0.3) is 5.91 Å². The SMILES string of the molecule is O=C1CC[C@@H](C(=O)O)NC(=O)c2ccccc2OCCCNC(=O)C(Cc2ccc(O)cc2)N1. The molecule has 10 nitrogen and oxygen atoms in total. The van der Waals surface area contributed by atoms with Gasteiger partial charge in [-0.1, -0.05) is 24.3 Å². The number of rotatable bonds is 3. The van der Waals surface area contributed by atoms with Crippen molar-refractivity contribution in [1.82, 2.24) is 16.0 Å². The summed E-state index contributed by atoms with van der Waals surface area (Å²) in [6.07, 6.45) is 0.248. The lowest BCUT2D eigenvalue weighted by Crippen LogP contribution is -2.49. The molecule has 0 spiro atoms. The molecule has 1 unspecified atom stereocenters. The van der Waals surface area contributed by atoms with Crippen molar-refractivity contribution in [1.29, 1.82) is 0 Å². The van der Waals surface area contributed by atoms with E-state index in [0.717, 1.165) is 5.56 Å². The molecule has 3 rings (SSSR count). The lowest BCUT2D eigenvalue weighted by molar-refractivity contribution is -0.139. The number of benzene rings is 2. The average molecular weight is 469 g/mol. The molecule has 2 atom stereocenters. The minimum atomic E-state index is -1.30. The second-order valence-corrected chi connectivity index (χ2v) is 7.88.